The van der Waals surface area contributed by atoms with E-state index in [0.717, 1.165) is 5.56 Å². The molecule has 0 saturated heterocycles. The number of aromatic nitrogens is 2. The molecule has 0 spiro atoms. The molecule has 16 heavy (non-hydrogen) atoms. The molecule has 0 fully saturated rings. The summed E-state index contributed by atoms with van der Waals surface area (Å²) in [6, 6.07) is 8.29. The van der Waals surface area contributed by atoms with Gasteiger partial charge in [0.05, 0.1) is 11.9 Å². The molecule has 5 nitrogen and oxygen atoms in total. The SMILES string of the molecule is NC(C(=O)O)c1cn[nH]c1-c1ccccc1. The first-order valence-electron chi connectivity index (χ1n) is 4.77. The molecule has 0 aliphatic carbocycles. The molecular formula is C11H11N3O2. The Bertz CT molecular complexity index is 493. The summed E-state index contributed by atoms with van der Waals surface area (Å²) in [4.78, 5) is 10.8. The van der Waals surface area contributed by atoms with E-state index in [-0.39, 0.29) is 0 Å². The van der Waals surface area contributed by atoms with Gasteiger partial charge in [-0.15, -0.1) is 0 Å². The van der Waals surface area contributed by atoms with Crippen molar-refractivity contribution in [2.45, 2.75) is 6.04 Å². The fraction of sp³-hybridized carbons (Fsp3) is 0.0909. The smallest absolute Gasteiger partial charge is 0.325 e. The molecule has 0 amide bonds. The highest BCUT2D eigenvalue weighted by atomic mass is 16.4. The molecule has 0 aliphatic rings. The zero-order valence-corrected chi connectivity index (χ0v) is 8.42. The fourth-order valence-electron chi connectivity index (χ4n) is 1.50. The minimum absolute atomic E-state index is 0.485. The van der Waals surface area contributed by atoms with E-state index in [4.69, 9.17) is 10.8 Å². The molecule has 0 radical (unpaired) electrons. The number of hydrogen-bond donors (Lipinski definition) is 3. The number of rotatable bonds is 3. The molecule has 0 bridgehead atoms. The van der Waals surface area contributed by atoms with Gasteiger partial charge >= 0.3 is 5.97 Å². The number of aliphatic carboxylic acids is 1. The van der Waals surface area contributed by atoms with Crippen molar-refractivity contribution < 1.29 is 9.90 Å². The van der Waals surface area contributed by atoms with E-state index in [0.29, 0.717) is 11.3 Å². The highest BCUT2D eigenvalue weighted by Crippen LogP contribution is 2.24. The van der Waals surface area contributed by atoms with Crippen LogP contribution in [0.2, 0.25) is 0 Å². The van der Waals surface area contributed by atoms with Crippen LogP contribution >= 0.6 is 0 Å². The van der Waals surface area contributed by atoms with Gasteiger partial charge in [-0.3, -0.25) is 9.89 Å². The maximum atomic E-state index is 10.8. The molecule has 1 atom stereocenters. The predicted octanol–water partition coefficient (Wildman–Crippen LogP) is 1.16. The van der Waals surface area contributed by atoms with Crippen LogP contribution in [-0.2, 0) is 4.79 Å². The molecule has 1 heterocycles. The number of carbonyl (C=O) groups is 1. The molecule has 1 aromatic heterocycles. The number of carboxylic acids is 1. The van der Waals surface area contributed by atoms with Crippen LogP contribution in [0.5, 0.6) is 0 Å². The van der Waals surface area contributed by atoms with Gasteiger partial charge in [0.2, 0.25) is 0 Å². The molecule has 0 saturated carbocycles. The molecule has 0 aliphatic heterocycles. The fourth-order valence-corrected chi connectivity index (χ4v) is 1.50. The van der Waals surface area contributed by atoms with Crippen LogP contribution in [0.4, 0.5) is 0 Å². The van der Waals surface area contributed by atoms with Crippen molar-refractivity contribution >= 4 is 5.97 Å². The van der Waals surface area contributed by atoms with Crippen LogP contribution < -0.4 is 5.73 Å². The van der Waals surface area contributed by atoms with Crippen molar-refractivity contribution in [1.82, 2.24) is 10.2 Å². The minimum atomic E-state index is -1.07. The van der Waals surface area contributed by atoms with Gasteiger partial charge in [0.15, 0.2) is 0 Å². The quantitative estimate of drug-likeness (QED) is 0.719. The summed E-state index contributed by atoms with van der Waals surface area (Å²) in [7, 11) is 0. The van der Waals surface area contributed by atoms with Crippen molar-refractivity contribution in [3.8, 4) is 11.3 Å². The minimum Gasteiger partial charge on any atom is -0.480 e. The van der Waals surface area contributed by atoms with Crippen LogP contribution in [0.15, 0.2) is 36.5 Å². The molecule has 1 unspecified atom stereocenters. The third kappa shape index (κ3) is 1.80. The molecular weight excluding hydrogens is 206 g/mol. The normalized spacial score (nSPS) is 12.3. The van der Waals surface area contributed by atoms with E-state index in [9.17, 15) is 4.79 Å². The molecule has 2 aromatic rings. The van der Waals surface area contributed by atoms with E-state index in [1.54, 1.807) is 0 Å². The first-order valence-corrected chi connectivity index (χ1v) is 4.77. The lowest BCUT2D eigenvalue weighted by Crippen LogP contribution is -2.20. The molecule has 1 aromatic carbocycles. The Morgan fingerprint density at radius 3 is 2.69 bits per heavy atom. The second-order valence-corrected chi connectivity index (χ2v) is 3.38. The summed E-state index contributed by atoms with van der Waals surface area (Å²) in [5.74, 6) is -1.07. The average molecular weight is 217 g/mol. The predicted molar refractivity (Wildman–Crippen MR) is 58.6 cm³/mol. The van der Waals surface area contributed by atoms with Gasteiger partial charge in [-0.05, 0) is 5.56 Å². The Labute approximate surface area is 91.9 Å². The van der Waals surface area contributed by atoms with Crippen molar-refractivity contribution in [3.63, 3.8) is 0 Å². The van der Waals surface area contributed by atoms with E-state index in [1.807, 2.05) is 30.3 Å². The summed E-state index contributed by atoms with van der Waals surface area (Å²) >= 11 is 0. The summed E-state index contributed by atoms with van der Waals surface area (Å²) in [6.07, 6.45) is 1.45. The van der Waals surface area contributed by atoms with E-state index in [2.05, 4.69) is 10.2 Å². The Morgan fingerprint density at radius 2 is 2.06 bits per heavy atom. The van der Waals surface area contributed by atoms with Gasteiger partial charge in [-0.25, -0.2) is 0 Å². The lowest BCUT2D eigenvalue weighted by atomic mass is 10.0. The number of hydrogen-bond acceptors (Lipinski definition) is 3. The number of benzene rings is 1. The number of H-pyrrole nitrogens is 1. The second-order valence-electron chi connectivity index (χ2n) is 3.38. The highest BCUT2D eigenvalue weighted by Gasteiger charge is 2.20. The lowest BCUT2D eigenvalue weighted by Gasteiger charge is -2.06. The average Bonchev–Trinajstić information content (AvgIpc) is 2.77. The van der Waals surface area contributed by atoms with Crippen LogP contribution in [0, 0.1) is 0 Å². The number of nitrogens with one attached hydrogen (secondary N) is 1. The Hall–Kier alpha value is -2.14. The molecule has 2 rings (SSSR count). The molecule has 5 heteroatoms. The van der Waals surface area contributed by atoms with E-state index >= 15 is 0 Å². The van der Waals surface area contributed by atoms with E-state index < -0.39 is 12.0 Å². The summed E-state index contributed by atoms with van der Waals surface area (Å²) in [5.41, 5.74) is 7.56. The van der Waals surface area contributed by atoms with Crippen LogP contribution in [0.25, 0.3) is 11.3 Å². The summed E-state index contributed by atoms with van der Waals surface area (Å²) < 4.78 is 0. The van der Waals surface area contributed by atoms with Gasteiger partial charge in [-0.1, -0.05) is 30.3 Å². The highest BCUT2D eigenvalue weighted by molar-refractivity contribution is 5.79. The number of nitrogens with two attached hydrogens (primary N) is 1. The third-order valence-electron chi connectivity index (χ3n) is 2.33. The first-order chi connectivity index (χ1) is 7.70. The monoisotopic (exact) mass is 217 g/mol. The Balaban J connectivity index is 2.44. The third-order valence-corrected chi connectivity index (χ3v) is 2.33. The maximum Gasteiger partial charge on any atom is 0.325 e. The second kappa shape index (κ2) is 4.16. The van der Waals surface area contributed by atoms with Crippen molar-refractivity contribution in [3.05, 3.63) is 42.1 Å². The van der Waals surface area contributed by atoms with Crippen LogP contribution in [0.1, 0.15) is 11.6 Å². The van der Waals surface area contributed by atoms with Crippen molar-refractivity contribution in [1.29, 1.82) is 0 Å². The summed E-state index contributed by atoms with van der Waals surface area (Å²) in [6.45, 7) is 0. The molecule has 4 N–H and O–H groups in total. The Kier molecular flexibility index (Phi) is 2.70. The van der Waals surface area contributed by atoms with Crippen molar-refractivity contribution in [2.24, 2.45) is 5.73 Å². The number of nitrogens with zero attached hydrogens (tertiary/aromatic N) is 1. The van der Waals surface area contributed by atoms with Gasteiger partial charge < -0.3 is 10.8 Å². The van der Waals surface area contributed by atoms with E-state index in [1.165, 1.54) is 6.20 Å². The van der Waals surface area contributed by atoms with Crippen molar-refractivity contribution in [2.75, 3.05) is 0 Å². The number of carboxylic acid groups (broad SMARTS) is 1. The number of aromatic amines is 1. The zero-order valence-electron chi connectivity index (χ0n) is 8.42. The zero-order chi connectivity index (χ0) is 11.5. The van der Waals surface area contributed by atoms with Gasteiger partial charge in [0, 0.05) is 5.56 Å². The topological polar surface area (TPSA) is 92.0 Å². The summed E-state index contributed by atoms with van der Waals surface area (Å²) in [5, 5.41) is 15.5. The lowest BCUT2D eigenvalue weighted by molar-refractivity contribution is -0.138. The van der Waals surface area contributed by atoms with Crippen LogP contribution in [-0.4, -0.2) is 21.3 Å². The van der Waals surface area contributed by atoms with Gasteiger partial charge in [-0.2, -0.15) is 5.10 Å². The largest absolute Gasteiger partial charge is 0.480 e. The Morgan fingerprint density at radius 1 is 1.38 bits per heavy atom. The first kappa shape index (κ1) is 10.4. The van der Waals surface area contributed by atoms with Crippen LogP contribution in [0.3, 0.4) is 0 Å². The van der Waals surface area contributed by atoms with Gasteiger partial charge in [0.1, 0.15) is 6.04 Å². The maximum absolute atomic E-state index is 10.8. The molecule has 82 valence electrons. The standard InChI is InChI=1S/C11H11N3O2/c12-9(11(15)16)8-6-13-14-10(8)7-4-2-1-3-5-7/h1-6,9H,12H2,(H,13,14)(H,15,16). The van der Waals surface area contributed by atoms with Gasteiger partial charge in [0.25, 0.3) is 0 Å².